The highest BCUT2D eigenvalue weighted by Crippen LogP contribution is 2.38. The molecule has 0 spiro atoms. The number of hydrogen-bond acceptors (Lipinski definition) is 5. The lowest BCUT2D eigenvalue weighted by atomic mass is 10.1. The summed E-state index contributed by atoms with van der Waals surface area (Å²) >= 11 is 6.35. The molecule has 11 heteroatoms. The number of imidazole rings is 1. The zero-order chi connectivity index (χ0) is 22.6. The second kappa shape index (κ2) is 9.88. The lowest BCUT2D eigenvalue weighted by Gasteiger charge is -2.26. The summed E-state index contributed by atoms with van der Waals surface area (Å²) in [5, 5.41) is 11.2. The molecule has 0 saturated carbocycles. The number of carboxylic acid groups (broad SMARTS) is 1. The number of aromatic nitrogens is 2. The van der Waals surface area contributed by atoms with E-state index in [-0.39, 0.29) is 6.10 Å². The molecule has 7 nitrogen and oxygen atoms in total. The van der Waals surface area contributed by atoms with Gasteiger partial charge in [0.15, 0.2) is 0 Å². The number of rotatable bonds is 3. The molecule has 31 heavy (non-hydrogen) atoms. The molecule has 0 radical (unpaired) electrons. The molecule has 1 aromatic heterocycles. The summed E-state index contributed by atoms with van der Waals surface area (Å²) in [6, 6.07) is 3.96. The van der Waals surface area contributed by atoms with Crippen LogP contribution in [-0.2, 0) is 22.7 Å². The average molecular weight is 462 g/mol. The highest BCUT2D eigenvalue weighted by Gasteiger charge is 2.38. The number of alkyl halides is 3. The van der Waals surface area contributed by atoms with Gasteiger partial charge in [-0.25, -0.2) is 9.78 Å². The van der Waals surface area contributed by atoms with Crippen molar-refractivity contribution >= 4 is 17.6 Å². The minimum absolute atomic E-state index is 0.247. The topological polar surface area (TPSA) is 85.6 Å². The molecule has 1 saturated heterocycles. The Labute approximate surface area is 182 Å². The Hall–Kier alpha value is -2.30. The van der Waals surface area contributed by atoms with Crippen molar-refractivity contribution < 1.29 is 32.5 Å². The van der Waals surface area contributed by atoms with Crippen LogP contribution in [0.1, 0.15) is 24.2 Å². The van der Waals surface area contributed by atoms with Crippen molar-refractivity contribution in [2.24, 2.45) is 0 Å². The van der Waals surface area contributed by atoms with Gasteiger partial charge >= 0.3 is 12.1 Å². The van der Waals surface area contributed by atoms with Crippen molar-refractivity contribution in [3.63, 3.8) is 0 Å². The number of nitrogens with one attached hydrogen (secondary N) is 1. The lowest BCUT2D eigenvalue weighted by molar-refractivity contribution is -0.192. The van der Waals surface area contributed by atoms with Crippen LogP contribution in [0.4, 0.5) is 13.2 Å². The fourth-order valence-corrected chi connectivity index (χ4v) is 3.74. The fourth-order valence-electron chi connectivity index (χ4n) is 3.47. The minimum Gasteiger partial charge on any atom is -0.489 e. The molecule has 2 aromatic rings. The van der Waals surface area contributed by atoms with E-state index in [2.05, 4.69) is 21.8 Å². The van der Waals surface area contributed by atoms with Crippen molar-refractivity contribution in [3.8, 4) is 17.0 Å². The van der Waals surface area contributed by atoms with Crippen LogP contribution < -0.4 is 10.1 Å². The van der Waals surface area contributed by atoms with Crippen LogP contribution in [0.2, 0.25) is 5.02 Å². The molecule has 2 aliphatic heterocycles. The maximum atomic E-state index is 10.6. The number of ether oxygens (including phenoxy) is 2. The molecular weight excluding hydrogens is 439 g/mol. The quantitative estimate of drug-likeness (QED) is 0.723. The number of nitrogens with zero attached hydrogens (tertiary/aromatic N) is 2. The van der Waals surface area contributed by atoms with E-state index >= 15 is 0 Å². The van der Waals surface area contributed by atoms with Crippen LogP contribution in [-0.4, -0.2) is 52.6 Å². The average Bonchev–Trinajstić information content (AvgIpc) is 3.14. The Kier molecular flexibility index (Phi) is 7.45. The molecule has 3 heterocycles. The van der Waals surface area contributed by atoms with Crippen LogP contribution in [0, 0.1) is 6.92 Å². The minimum atomic E-state index is -5.08. The van der Waals surface area contributed by atoms with E-state index in [1.54, 1.807) is 0 Å². The van der Waals surface area contributed by atoms with Gasteiger partial charge in [0.05, 0.1) is 18.5 Å². The van der Waals surface area contributed by atoms with E-state index in [4.69, 9.17) is 31.0 Å². The predicted molar refractivity (Wildman–Crippen MR) is 107 cm³/mol. The molecule has 1 fully saturated rings. The molecule has 1 aromatic carbocycles. The van der Waals surface area contributed by atoms with Crippen LogP contribution in [0.5, 0.6) is 5.75 Å². The zero-order valence-corrected chi connectivity index (χ0v) is 17.6. The van der Waals surface area contributed by atoms with Gasteiger partial charge in [-0.1, -0.05) is 11.6 Å². The van der Waals surface area contributed by atoms with Crippen LogP contribution in [0.25, 0.3) is 11.3 Å². The van der Waals surface area contributed by atoms with Gasteiger partial charge in [0.25, 0.3) is 0 Å². The Morgan fingerprint density at radius 2 is 2.03 bits per heavy atom. The highest BCUT2D eigenvalue weighted by atomic mass is 35.5. The number of benzene rings is 1. The number of aliphatic carboxylic acids is 1. The van der Waals surface area contributed by atoms with E-state index in [1.165, 1.54) is 0 Å². The van der Waals surface area contributed by atoms with Gasteiger partial charge in [-0.15, -0.1) is 0 Å². The van der Waals surface area contributed by atoms with E-state index in [1.807, 2.05) is 18.3 Å². The summed E-state index contributed by atoms with van der Waals surface area (Å²) in [6.45, 7) is 6.15. The number of piperidine rings is 1. The Bertz CT molecular complexity index is 927. The van der Waals surface area contributed by atoms with Crippen molar-refractivity contribution in [1.82, 2.24) is 14.9 Å². The largest absolute Gasteiger partial charge is 0.490 e. The van der Waals surface area contributed by atoms with Crippen molar-refractivity contribution in [3.05, 3.63) is 34.7 Å². The van der Waals surface area contributed by atoms with Crippen molar-refractivity contribution in [2.45, 2.75) is 45.2 Å². The van der Waals surface area contributed by atoms with Gasteiger partial charge in [-0.3, -0.25) is 0 Å². The second-order valence-corrected chi connectivity index (χ2v) is 7.67. The van der Waals surface area contributed by atoms with Crippen LogP contribution >= 0.6 is 11.6 Å². The van der Waals surface area contributed by atoms with E-state index < -0.39 is 12.1 Å². The van der Waals surface area contributed by atoms with Crippen LogP contribution in [0.3, 0.4) is 0 Å². The standard InChI is InChI=1S/C18H22ClN3O2.C2HF3O2/c1-12-8-13(19)9-15(18(12)24-14-2-4-20-5-3-14)16-10-21-17-11-23-7-6-22(16)17;3-2(4,5)1(6)7/h8-10,14,20H,2-7,11H2,1H3;(H,6,7). The lowest BCUT2D eigenvalue weighted by Crippen LogP contribution is -2.34. The number of hydrogen-bond donors (Lipinski definition) is 2. The Morgan fingerprint density at radius 3 is 2.68 bits per heavy atom. The first-order valence-electron chi connectivity index (χ1n) is 9.77. The first-order valence-corrected chi connectivity index (χ1v) is 10.1. The van der Waals surface area contributed by atoms with Gasteiger partial charge < -0.3 is 24.5 Å². The Balaban J connectivity index is 0.000000339. The van der Waals surface area contributed by atoms with Crippen LogP contribution in [0.15, 0.2) is 18.3 Å². The van der Waals surface area contributed by atoms with Gasteiger partial charge in [0, 0.05) is 17.1 Å². The molecule has 0 bridgehead atoms. The SMILES string of the molecule is Cc1cc(Cl)cc(-c2cnc3n2CCOC3)c1OC1CCNCC1.O=C(O)C(F)(F)F. The summed E-state index contributed by atoms with van der Waals surface area (Å²) in [4.78, 5) is 13.4. The van der Waals surface area contributed by atoms with E-state index in [0.29, 0.717) is 13.2 Å². The maximum Gasteiger partial charge on any atom is 0.490 e. The second-order valence-electron chi connectivity index (χ2n) is 7.23. The molecule has 0 aliphatic carbocycles. The summed E-state index contributed by atoms with van der Waals surface area (Å²) in [5.74, 6) is -0.866. The summed E-state index contributed by atoms with van der Waals surface area (Å²) in [5.41, 5.74) is 3.15. The summed E-state index contributed by atoms with van der Waals surface area (Å²) in [6.07, 6.45) is -0.874. The number of halogens is 4. The highest BCUT2D eigenvalue weighted by molar-refractivity contribution is 6.31. The smallest absolute Gasteiger partial charge is 0.489 e. The monoisotopic (exact) mass is 461 g/mol. The predicted octanol–water partition coefficient (Wildman–Crippen LogP) is 3.81. The van der Waals surface area contributed by atoms with Gasteiger partial charge in [-0.05, 0) is 50.6 Å². The number of carboxylic acids is 1. The third kappa shape index (κ3) is 5.90. The Morgan fingerprint density at radius 1 is 1.35 bits per heavy atom. The summed E-state index contributed by atoms with van der Waals surface area (Å²) in [7, 11) is 0. The molecule has 4 rings (SSSR count). The van der Waals surface area contributed by atoms with Crippen molar-refractivity contribution in [2.75, 3.05) is 19.7 Å². The first-order chi connectivity index (χ1) is 14.7. The zero-order valence-electron chi connectivity index (χ0n) is 16.8. The van der Waals surface area contributed by atoms with Gasteiger partial charge in [0.2, 0.25) is 0 Å². The molecule has 0 amide bonds. The summed E-state index contributed by atoms with van der Waals surface area (Å²) < 4.78 is 45.9. The maximum absolute atomic E-state index is 10.6. The van der Waals surface area contributed by atoms with E-state index in [9.17, 15) is 13.2 Å². The molecule has 0 unspecified atom stereocenters. The number of aryl methyl sites for hydroxylation is 1. The fraction of sp³-hybridized carbons (Fsp3) is 0.500. The molecule has 0 atom stereocenters. The molecule has 2 N–H and O–H groups in total. The molecule has 2 aliphatic rings. The van der Waals surface area contributed by atoms with E-state index in [0.717, 1.165) is 65.9 Å². The number of fused-ring (bicyclic) bond motifs is 1. The van der Waals surface area contributed by atoms with Gasteiger partial charge in [-0.2, -0.15) is 13.2 Å². The third-order valence-electron chi connectivity index (χ3n) is 4.96. The normalized spacial score (nSPS) is 16.8. The molecular formula is C20H23ClF3N3O4. The third-order valence-corrected chi connectivity index (χ3v) is 5.18. The number of carbonyl (C=O) groups is 1. The molecule has 170 valence electrons. The van der Waals surface area contributed by atoms with Gasteiger partial charge in [0.1, 0.15) is 24.3 Å². The first kappa shape index (κ1) is 23.4. The van der Waals surface area contributed by atoms with Crippen molar-refractivity contribution in [1.29, 1.82) is 0 Å².